The number of aromatic nitrogens is 3. The van der Waals surface area contributed by atoms with Gasteiger partial charge in [0.25, 0.3) is 5.91 Å². The van der Waals surface area contributed by atoms with Gasteiger partial charge in [0.15, 0.2) is 5.65 Å². The summed E-state index contributed by atoms with van der Waals surface area (Å²) in [5, 5.41) is 5.09. The van der Waals surface area contributed by atoms with Crippen molar-refractivity contribution in [3.8, 4) is 11.3 Å². The molecular formula is C23H21FN4O. The second kappa shape index (κ2) is 7.83. The SMILES string of the molecule is CCn1ncc2c(C(=O)N(C)Cc3cccc(F)c3)cc(-c3ccccc3)nc21. The van der Waals surface area contributed by atoms with Crippen LogP contribution in [-0.2, 0) is 13.1 Å². The van der Waals surface area contributed by atoms with E-state index in [0.29, 0.717) is 29.7 Å². The molecule has 0 aliphatic heterocycles. The third-order valence-corrected chi connectivity index (χ3v) is 4.86. The van der Waals surface area contributed by atoms with E-state index in [1.54, 1.807) is 35.0 Å². The summed E-state index contributed by atoms with van der Waals surface area (Å²) in [7, 11) is 1.71. The van der Waals surface area contributed by atoms with E-state index in [1.165, 1.54) is 12.1 Å². The van der Waals surface area contributed by atoms with Gasteiger partial charge in [0.05, 0.1) is 22.8 Å². The molecule has 0 unspecified atom stereocenters. The van der Waals surface area contributed by atoms with Gasteiger partial charge >= 0.3 is 0 Å². The number of nitrogens with zero attached hydrogens (tertiary/aromatic N) is 4. The maximum Gasteiger partial charge on any atom is 0.254 e. The molecule has 2 heterocycles. The first kappa shape index (κ1) is 18.8. The van der Waals surface area contributed by atoms with Gasteiger partial charge < -0.3 is 4.90 Å². The fourth-order valence-corrected chi connectivity index (χ4v) is 3.40. The molecule has 2 aromatic carbocycles. The average molecular weight is 388 g/mol. The number of halogens is 1. The third-order valence-electron chi connectivity index (χ3n) is 4.86. The summed E-state index contributed by atoms with van der Waals surface area (Å²) in [5.74, 6) is -0.472. The highest BCUT2D eigenvalue weighted by atomic mass is 19.1. The fourth-order valence-electron chi connectivity index (χ4n) is 3.40. The Hall–Kier alpha value is -3.54. The van der Waals surface area contributed by atoms with Crippen LogP contribution in [0.3, 0.4) is 0 Å². The number of rotatable bonds is 5. The van der Waals surface area contributed by atoms with E-state index in [-0.39, 0.29) is 11.7 Å². The van der Waals surface area contributed by atoms with Crippen LogP contribution in [0.15, 0.2) is 66.9 Å². The van der Waals surface area contributed by atoms with E-state index >= 15 is 0 Å². The van der Waals surface area contributed by atoms with Crippen LogP contribution >= 0.6 is 0 Å². The molecule has 6 heteroatoms. The van der Waals surface area contributed by atoms with Gasteiger partial charge in [-0.3, -0.25) is 4.79 Å². The molecule has 146 valence electrons. The summed E-state index contributed by atoms with van der Waals surface area (Å²) in [6.07, 6.45) is 1.68. The summed E-state index contributed by atoms with van der Waals surface area (Å²) >= 11 is 0. The van der Waals surface area contributed by atoms with Crippen molar-refractivity contribution < 1.29 is 9.18 Å². The second-order valence-corrected chi connectivity index (χ2v) is 6.91. The first-order valence-electron chi connectivity index (χ1n) is 9.48. The minimum atomic E-state index is -0.315. The van der Waals surface area contributed by atoms with Gasteiger partial charge in [0.2, 0.25) is 0 Å². The number of fused-ring (bicyclic) bond motifs is 1. The predicted molar refractivity (Wildman–Crippen MR) is 111 cm³/mol. The lowest BCUT2D eigenvalue weighted by Gasteiger charge is -2.18. The van der Waals surface area contributed by atoms with Gasteiger partial charge in [-0.2, -0.15) is 5.10 Å². The number of amides is 1. The Balaban J connectivity index is 1.77. The topological polar surface area (TPSA) is 51.0 Å². The van der Waals surface area contributed by atoms with E-state index < -0.39 is 0 Å². The van der Waals surface area contributed by atoms with Crippen LogP contribution in [0.2, 0.25) is 0 Å². The van der Waals surface area contributed by atoms with Gasteiger partial charge in [0.1, 0.15) is 5.82 Å². The molecule has 0 saturated carbocycles. The van der Waals surface area contributed by atoms with Gasteiger partial charge in [-0.25, -0.2) is 14.1 Å². The Morgan fingerprint density at radius 1 is 1.10 bits per heavy atom. The number of benzene rings is 2. The maximum absolute atomic E-state index is 13.5. The van der Waals surface area contributed by atoms with Crippen LogP contribution in [0.4, 0.5) is 4.39 Å². The quantitative estimate of drug-likeness (QED) is 0.505. The molecule has 2 aromatic heterocycles. The van der Waals surface area contributed by atoms with E-state index in [0.717, 1.165) is 16.8 Å². The van der Waals surface area contributed by atoms with Crippen molar-refractivity contribution in [2.75, 3.05) is 7.05 Å². The van der Waals surface area contributed by atoms with E-state index in [2.05, 4.69) is 5.10 Å². The Morgan fingerprint density at radius 3 is 2.62 bits per heavy atom. The summed E-state index contributed by atoms with van der Waals surface area (Å²) in [6.45, 7) is 2.95. The van der Waals surface area contributed by atoms with Crippen molar-refractivity contribution in [1.82, 2.24) is 19.7 Å². The molecule has 0 fully saturated rings. The second-order valence-electron chi connectivity index (χ2n) is 6.91. The Morgan fingerprint density at radius 2 is 1.90 bits per heavy atom. The fraction of sp³-hybridized carbons (Fsp3) is 0.174. The van der Waals surface area contributed by atoms with Gasteiger partial charge in [-0.05, 0) is 30.7 Å². The molecule has 1 amide bonds. The number of carbonyl (C=O) groups excluding carboxylic acids is 1. The Labute approximate surface area is 168 Å². The third kappa shape index (κ3) is 3.74. The molecule has 29 heavy (non-hydrogen) atoms. The minimum absolute atomic E-state index is 0.158. The molecule has 0 aliphatic carbocycles. The number of aryl methyl sites for hydroxylation is 1. The standard InChI is InChI=1S/C23H21FN4O/c1-3-28-22-20(14-25-28)19(13-21(26-22)17-9-5-4-6-10-17)23(29)27(2)15-16-8-7-11-18(24)12-16/h4-14H,3,15H2,1-2H3. The minimum Gasteiger partial charge on any atom is -0.337 e. The summed E-state index contributed by atoms with van der Waals surface area (Å²) < 4.78 is 15.3. The summed E-state index contributed by atoms with van der Waals surface area (Å²) in [4.78, 5) is 19.6. The normalized spacial score (nSPS) is 11.0. The van der Waals surface area contributed by atoms with Crippen LogP contribution in [0.25, 0.3) is 22.3 Å². The monoisotopic (exact) mass is 388 g/mol. The van der Waals surface area contributed by atoms with Gasteiger partial charge in [-0.1, -0.05) is 42.5 Å². The Bertz CT molecular complexity index is 1170. The molecule has 5 nitrogen and oxygen atoms in total. The van der Waals surface area contributed by atoms with Crippen molar-refractivity contribution in [3.05, 3.63) is 83.8 Å². The van der Waals surface area contributed by atoms with Crippen molar-refractivity contribution in [3.63, 3.8) is 0 Å². The zero-order valence-electron chi connectivity index (χ0n) is 16.3. The van der Waals surface area contributed by atoms with Crippen LogP contribution < -0.4 is 0 Å². The van der Waals surface area contributed by atoms with Crippen LogP contribution in [0.5, 0.6) is 0 Å². The largest absolute Gasteiger partial charge is 0.337 e. The molecule has 0 bridgehead atoms. The predicted octanol–water partition coefficient (Wildman–Crippen LogP) is 4.53. The molecule has 0 saturated heterocycles. The highest BCUT2D eigenvalue weighted by molar-refractivity contribution is 6.06. The van der Waals surface area contributed by atoms with Gasteiger partial charge in [-0.15, -0.1) is 0 Å². The van der Waals surface area contributed by atoms with Crippen LogP contribution in [0, 0.1) is 5.82 Å². The van der Waals surface area contributed by atoms with E-state index in [9.17, 15) is 9.18 Å². The number of hydrogen-bond donors (Lipinski definition) is 0. The van der Waals surface area contributed by atoms with Crippen molar-refractivity contribution in [2.24, 2.45) is 0 Å². The van der Waals surface area contributed by atoms with E-state index in [1.807, 2.05) is 43.3 Å². The number of carbonyl (C=O) groups is 1. The van der Waals surface area contributed by atoms with Crippen molar-refractivity contribution >= 4 is 16.9 Å². The lowest BCUT2D eigenvalue weighted by atomic mass is 10.1. The number of hydrogen-bond acceptors (Lipinski definition) is 3. The molecule has 4 rings (SSSR count). The van der Waals surface area contributed by atoms with E-state index in [4.69, 9.17) is 4.98 Å². The van der Waals surface area contributed by atoms with Crippen molar-refractivity contribution in [2.45, 2.75) is 20.0 Å². The average Bonchev–Trinajstić information content (AvgIpc) is 3.16. The highest BCUT2D eigenvalue weighted by Gasteiger charge is 2.20. The summed E-state index contributed by atoms with van der Waals surface area (Å²) in [5.41, 5.74) is 3.60. The lowest BCUT2D eigenvalue weighted by molar-refractivity contribution is 0.0787. The van der Waals surface area contributed by atoms with Crippen LogP contribution in [0.1, 0.15) is 22.8 Å². The first-order valence-corrected chi connectivity index (χ1v) is 9.48. The maximum atomic E-state index is 13.5. The van der Waals surface area contributed by atoms with Crippen molar-refractivity contribution in [1.29, 1.82) is 0 Å². The summed E-state index contributed by atoms with van der Waals surface area (Å²) in [6, 6.07) is 17.8. The molecule has 4 aromatic rings. The molecule has 0 radical (unpaired) electrons. The lowest BCUT2D eigenvalue weighted by Crippen LogP contribution is -2.26. The molecule has 0 atom stereocenters. The molecule has 0 spiro atoms. The zero-order valence-corrected chi connectivity index (χ0v) is 16.3. The highest BCUT2D eigenvalue weighted by Crippen LogP contribution is 2.26. The molecule has 0 N–H and O–H groups in total. The molecular weight excluding hydrogens is 367 g/mol. The van der Waals surface area contributed by atoms with Crippen LogP contribution in [-0.4, -0.2) is 32.6 Å². The Kier molecular flexibility index (Phi) is 5.08. The smallest absolute Gasteiger partial charge is 0.254 e. The number of pyridine rings is 1. The zero-order chi connectivity index (χ0) is 20.4. The van der Waals surface area contributed by atoms with Gasteiger partial charge in [0, 0.05) is 25.7 Å². The molecule has 0 aliphatic rings. The first-order chi connectivity index (χ1) is 14.1.